The van der Waals surface area contributed by atoms with E-state index in [1.165, 1.54) is 6.92 Å². The Morgan fingerprint density at radius 3 is 1.86 bits per heavy atom. The summed E-state index contributed by atoms with van der Waals surface area (Å²) in [5.41, 5.74) is 0.0648. The van der Waals surface area contributed by atoms with E-state index in [4.69, 9.17) is 0 Å². The van der Waals surface area contributed by atoms with Crippen molar-refractivity contribution < 1.29 is 9.90 Å². The molecule has 0 bridgehead atoms. The molecule has 0 N–H and O–H groups in total. The third kappa shape index (κ3) is 5.08. The van der Waals surface area contributed by atoms with Crippen molar-refractivity contribution in [1.29, 1.82) is 0 Å². The molecule has 0 aliphatic heterocycles. The molecule has 0 aliphatic carbocycles. The number of carbonyl (C=O) groups excluding carboxylic acids is 1. The van der Waals surface area contributed by atoms with Gasteiger partial charge in [0.1, 0.15) is 0 Å². The van der Waals surface area contributed by atoms with Crippen LogP contribution in [0.2, 0.25) is 0 Å². The molecule has 0 heterocycles. The fraction of sp³-hybridized carbons (Fsp3) is 0.200. The lowest BCUT2D eigenvalue weighted by Gasteiger charge is -1.93. The van der Waals surface area contributed by atoms with E-state index in [-0.39, 0.29) is 13.0 Å². The van der Waals surface area contributed by atoms with Crippen LogP contribution in [-0.2, 0) is 4.79 Å². The molecule has 0 spiro atoms. The molecule has 0 unspecified atom stereocenters. The normalized spacial score (nSPS) is 6.43. The summed E-state index contributed by atoms with van der Waals surface area (Å²) in [6, 6.07) is 0. The molecule has 2 nitrogen and oxygen atoms in total. The second-order valence-corrected chi connectivity index (χ2v) is 1.07. The predicted octanol–water partition coefficient (Wildman–Crippen LogP) is -0.237. The van der Waals surface area contributed by atoms with Gasteiger partial charge < -0.3 is 9.90 Å². The van der Waals surface area contributed by atoms with Gasteiger partial charge in [0.2, 0.25) is 0 Å². The van der Waals surface area contributed by atoms with E-state index in [0.717, 1.165) is 0 Å². The van der Waals surface area contributed by atoms with Crippen LogP contribution >= 0.6 is 0 Å². The summed E-state index contributed by atoms with van der Waals surface area (Å²) in [5.74, 6) is -1.19. The molecule has 0 saturated heterocycles. The molecule has 0 atom stereocenters. The summed E-state index contributed by atoms with van der Waals surface area (Å²) >= 11 is 0. The Bertz CT molecular complexity index is 72.1. The molecule has 0 saturated carbocycles. The molecule has 0 aromatic carbocycles. The Labute approximate surface area is 43.5 Å². The minimum absolute atomic E-state index is 0. The van der Waals surface area contributed by atoms with Gasteiger partial charge in [-0.3, -0.25) is 0 Å². The average molecular weight is 100 g/mol. The highest BCUT2D eigenvalue weighted by atomic mass is 16.4. The smallest absolute Gasteiger partial charge is 0.0666 e. The maximum absolute atomic E-state index is 9.49. The van der Waals surface area contributed by atoms with Crippen LogP contribution in [0.5, 0.6) is 0 Å². The first-order valence-corrected chi connectivity index (χ1v) is 1.51. The van der Waals surface area contributed by atoms with Crippen LogP contribution in [0, 0.1) is 7.43 Å². The predicted molar refractivity (Wildman–Crippen MR) is 26.2 cm³/mol. The van der Waals surface area contributed by atoms with Crippen LogP contribution in [0.25, 0.3) is 0 Å². The van der Waals surface area contributed by atoms with Gasteiger partial charge in [-0.2, -0.15) is 0 Å². The molecular weight excluding hydrogens is 92.1 g/mol. The van der Waals surface area contributed by atoms with Crippen LogP contribution in [0.3, 0.4) is 0 Å². The molecule has 40 valence electrons. The third-order valence-electron chi connectivity index (χ3n) is 0.348. The minimum Gasteiger partial charge on any atom is -0.545 e. The van der Waals surface area contributed by atoms with Gasteiger partial charge in [0.15, 0.2) is 0 Å². The molecule has 0 radical (unpaired) electrons. The van der Waals surface area contributed by atoms with Crippen molar-refractivity contribution in [2.24, 2.45) is 0 Å². The van der Waals surface area contributed by atoms with Gasteiger partial charge in [-0.1, -0.05) is 6.58 Å². The van der Waals surface area contributed by atoms with Crippen molar-refractivity contribution in [3.8, 4) is 0 Å². The Morgan fingerprint density at radius 1 is 1.71 bits per heavy atom. The molecule has 2 heteroatoms. The van der Waals surface area contributed by atoms with E-state index >= 15 is 0 Å². The van der Waals surface area contributed by atoms with Crippen LogP contribution in [0.1, 0.15) is 6.92 Å². The summed E-state index contributed by atoms with van der Waals surface area (Å²) < 4.78 is 0. The van der Waals surface area contributed by atoms with Gasteiger partial charge in [-0.15, -0.1) is 0 Å². The zero-order valence-corrected chi connectivity index (χ0v) is 4.52. The first kappa shape index (κ1) is 9.43. The zero-order chi connectivity index (χ0) is 5.15. The van der Waals surface area contributed by atoms with Gasteiger partial charge in [0.25, 0.3) is 0 Å². The number of carboxylic acid groups (broad SMARTS) is 1. The van der Waals surface area contributed by atoms with Crippen LogP contribution in [0.15, 0.2) is 12.2 Å². The first-order valence-electron chi connectivity index (χ1n) is 1.51. The topological polar surface area (TPSA) is 40.1 Å². The van der Waals surface area contributed by atoms with E-state index in [1.54, 1.807) is 0 Å². The van der Waals surface area contributed by atoms with E-state index in [9.17, 15) is 9.90 Å². The molecule has 0 amide bonds. The lowest BCUT2D eigenvalue weighted by molar-refractivity contribution is -0.299. The summed E-state index contributed by atoms with van der Waals surface area (Å²) in [6.07, 6.45) is 0. The molecule has 0 aliphatic rings. The molecule has 0 fully saturated rings. The van der Waals surface area contributed by atoms with Gasteiger partial charge in [-0.25, -0.2) is 0 Å². The number of hydrogen-bond donors (Lipinski definition) is 0. The van der Waals surface area contributed by atoms with Gasteiger partial charge in [-0.05, 0) is 12.5 Å². The van der Waals surface area contributed by atoms with Crippen molar-refractivity contribution >= 4 is 5.97 Å². The molecule has 0 aromatic heterocycles. The highest BCUT2D eigenvalue weighted by Crippen LogP contribution is 1.77. The minimum atomic E-state index is -1.19. The van der Waals surface area contributed by atoms with Crippen molar-refractivity contribution in [3.05, 3.63) is 19.6 Å². The monoisotopic (exact) mass is 100 g/mol. The second kappa shape index (κ2) is 3.28. The maximum atomic E-state index is 9.49. The van der Waals surface area contributed by atoms with Crippen molar-refractivity contribution in [3.63, 3.8) is 0 Å². The van der Waals surface area contributed by atoms with Crippen LogP contribution < -0.4 is 5.11 Å². The van der Waals surface area contributed by atoms with Gasteiger partial charge in [0.05, 0.1) is 5.97 Å². The Kier molecular flexibility index (Phi) is 4.41. The number of hydrogen-bond acceptors (Lipinski definition) is 2. The Morgan fingerprint density at radius 2 is 1.86 bits per heavy atom. The maximum Gasteiger partial charge on any atom is 0.0666 e. The molecular formula is C5H8O2. The van der Waals surface area contributed by atoms with Crippen molar-refractivity contribution in [1.82, 2.24) is 0 Å². The molecule has 7 heavy (non-hydrogen) atoms. The standard InChI is InChI=1S/C4H6O2.CH3/c1-3(2)4(5)6;/h1H2,2H3,(H,5,6);1H3/q;+1/p-1. The highest BCUT2D eigenvalue weighted by molar-refractivity contribution is 5.82. The SMILES string of the molecule is C=C(C)C(=O)[O-].[CH3+]. The fourth-order valence-corrected chi connectivity index (χ4v) is 0. The van der Waals surface area contributed by atoms with Gasteiger partial charge >= 0.3 is 0 Å². The zero-order valence-electron chi connectivity index (χ0n) is 4.52. The number of carboxylic acids is 1. The number of rotatable bonds is 1. The second-order valence-electron chi connectivity index (χ2n) is 1.07. The lowest BCUT2D eigenvalue weighted by atomic mass is 10.4. The molecule has 0 aromatic rings. The van der Waals surface area contributed by atoms with E-state index in [1.807, 2.05) is 0 Å². The quantitative estimate of drug-likeness (QED) is 0.337. The molecule has 0 rings (SSSR count). The first-order chi connectivity index (χ1) is 2.64. The Hall–Kier alpha value is -0.920. The van der Waals surface area contributed by atoms with Gasteiger partial charge in [0, 0.05) is 7.43 Å². The summed E-state index contributed by atoms with van der Waals surface area (Å²) in [5, 5.41) is 9.49. The summed E-state index contributed by atoms with van der Waals surface area (Å²) in [6.45, 7) is 4.48. The lowest BCUT2D eigenvalue weighted by Crippen LogP contribution is -2.22. The van der Waals surface area contributed by atoms with E-state index in [2.05, 4.69) is 6.58 Å². The average Bonchev–Trinajstić information content (AvgIpc) is 1.36. The fourth-order valence-electron chi connectivity index (χ4n) is 0. The van der Waals surface area contributed by atoms with E-state index < -0.39 is 5.97 Å². The third-order valence-corrected chi connectivity index (χ3v) is 0.348. The Balaban J connectivity index is 0. The highest BCUT2D eigenvalue weighted by Gasteiger charge is 1.76. The number of carbonyl (C=O) groups is 1. The van der Waals surface area contributed by atoms with Crippen LogP contribution in [-0.4, -0.2) is 5.97 Å². The number of aliphatic carboxylic acids is 1. The summed E-state index contributed by atoms with van der Waals surface area (Å²) in [7, 11) is 0. The van der Waals surface area contributed by atoms with Crippen molar-refractivity contribution in [2.45, 2.75) is 6.92 Å². The van der Waals surface area contributed by atoms with Crippen molar-refractivity contribution in [2.75, 3.05) is 0 Å². The summed E-state index contributed by atoms with van der Waals surface area (Å²) in [4.78, 5) is 9.49. The largest absolute Gasteiger partial charge is 0.545 e. The van der Waals surface area contributed by atoms with E-state index in [0.29, 0.717) is 0 Å². The van der Waals surface area contributed by atoms with Crippen LogP contribution in [0.4, 0.5) is 0 Å².